The maximum Gasteiger partial charge on any atom is 0.194 e. The second-order valence-electron chi connectivity index (χ2n) is 9.59. The molecule has 3 heteroatoms. The van der Waals surface area contributed by atoms with Gasteiger partial charge in [-0.1, -0.05) is 19.8 Å². The molecule has 4 rings (SSSR count). The Hall–Kier alpha value is -0.990. The van der Waals surface area contributed by atoms with Crippen molar-refractivity contribution in [3.8, 4) is 0 Å². The molecule has 4 atom stereocenters. The number of fused-ring (bicyclic) bond motifs is 1. The van der Waals surface area contributed by atoms with Gasteiger partial charge in [0.15, 0.2) is 17.5 Å². The van der Waals surface area contributed by atoms with Crippen LogP contribution in [-0.4, -0.2) is 0 Å². The summed E-state index contributed by atoms with van der Waals surface area (Å²) in [4.78, 5) is 0. The van der Waals surface area contributed by atoms with E-state index in [1.54, 1.807) is 0 Å². The normalized spacial score (nSPS) is 37.0. The molecule has 4 unspecified atom stereocenters. The first kappa shape index (κ1) is 19.3. The van der Waals surface area contributed by atoms with Gasteiger partial charge in [0.05, 0.1) is 0 Å². The number of hydrogen-bond acceptors (Lipinski definition) is 0. The third kappa shape index (κ3) is 4.07. The van der Waals surface area contributed by atoms with Gasteiger partial charge < -0.3 is 0 Å². The minimum Gasteiger partial charge on any atom is -0.204 e. The number of rotatable bonds is 3. The fraction of sp³-hybridized carbons (Fsp3) is 0.750. The zero-order chi connectivity index (χ0) is 19.0. The molecule has 0 bridgehead atoms. The van der Waals surface area contributed by atoms with Crippen molar-refractivity contribution < 1.29 is 13.2 Å². The predicted octanol–water partition coefficient (Wildman–Crippen LogP) is 7.62. The fourth-order valence-corrected chi connectivity index (χ4v) is 6.56. The van der Waals surface area contributed by atoms with Crippen LogP contribution in [0, 0.1) is 47.0 Å². The van der Waals surface area contributed by atoms with Gasteiger partial charge in [0.1, 0.15) is 0 Å². The zero-order valence-corrected chi connectivity index (χ0v) is 16.5. The molecule has 1 aromatic carbocycles. The molecular weight excluding hydrogens is 345 g/mol. The topological polar surface area (TPSA) is 0 Å². The van der Waals surface area contributed by atoms with Crippen molar-refractivity contribution in [2.45, 2.75) is 83.5 Å². The first-order valence-corrected chi connectivity index (χ1v) is 11.2. The molecule has 0 nitrogen and oxygen atoms in total. The molecule has 0 aromatic heterocycles. The third-order valence-corrected chi connectivity index (χ3v) is 8.26. The van der Waals surface area contributed by atoms with Crippen molar-refractivity contribution >= 4 is 0 Å². The van der Waals surface area contributed by atoms with Crippen molar-refractivity contribution in [3.63, 3.8) is 0 Å². The van der Waals surface area contributed by atoms with Crippen LogP contribution in [0.5, 0.6) is 0 Å². The lowest BCUT2D eigenvalue weighted by molar-refractivity contribution is 0.0629. The highest BCUT2D eigenvalue weighted by molar-refractivity contribution is 5.23. The third-order valence-electron chi connectivity index (χ3n) is 8.26. The molecule has 1 aromatic rings. The molecular formula is C24H33F3. The summed E-state index contributed by atoms with van der Waals surface area (Å²) in [5.41, 5.74) is 0.645. The van der Waals surface area contributed by atoms with Gasteiger partial charge in [0.2, 0.25) is 0 Å². The molecule has 3 aliphatic rings. The largest absolute Gasteiger partial charge is 0.204 e. The number of hydrogen-bond donors (Lipinski definition) is 0. The van der Waals surface area contributed by atoms with Gasteiger partial charge in [-0.25, -0.2) is 13.2 Å². The monoisotopic (exact) mass is 378 g/mol. The Morgan fingerprint density at radius 1 is 0.704 bits per heavy atom. The Labute approximate surface area is 161 Å². The smallest absolute Gasteiger partial charge is 0.194 e. The van der Waals surface area contributed by atoms with Gasteiger partial charge in [0, 0.05) is 0 Å². The highest BCUT2D eigenvalue weighted by Crippen LogP contribution is 2.50. The van der Waals surface area contributed by atoms with Crippen molar-refractivity contribution in [2.24, 2.45) is 29.6 Å². The van der Waals surface area contributed by atoms with Crippen LogP contribution in [0.15, 0.2) is 12.1 Å². The summed E-state index contributed by atoms with van der Waals surface area (Å²) in [5.74, 6) is 1.26. The van der Waals surface area contributed by atoms with E-state index in [0.717, 1.165) is 55.3 Å². The molecule has 150 valence electrons. The van der Waals surface area contributed by atoms with E-state index < -0.39 is 17.5 Å². The standard InChI is InChI=1S/C24H33F3/c1-2-15-3-4-20-12-19(10-9-18(20)11-15)16-5-7-17(8-6-16)21-13-22(25)24(27)23(26)14-21/h13-20H,2-12H2,1H3. The Morgan fingerprint density at radius 3 is 1.85 bits per heavy atom. The molecule has 3 saturated carbocycles. The first-order chi connectivity index (χ1) is 13.0. The molecule has 0 amide bonds. The van der Waals surface area contributed by atoms with Crippen LogP contribution in [0.3, 0.4) is 0 Å². The Balaban J connectivity index is 1.32. The van der Waals surface area contributed by atoms with Crippen molar-refractivity contribution in [3.05, 3.63) is 35.1 Å². The minimum absolute atomic E-state index is 0.183. The molecule has 0 aliphatic heterocycles. The predicted molar refractivity (Wildman–Crippen MR) is 103 cm³/mol. The van der Waals surface area contributed by atoms with Crippen LogP contribution < -0.4 is 0 Å². The molecule has 0 heterocycles. The fourth-order valence-electron chi connectivity index (χ4n) is 6.56. The van der Waals surface area contributed by atoms with E-state index in [1.807, 2.05) is 0 Å². The lowest BCUT2D eigenvalue weighted by atomic mass is 9.60. The Bertz CT molecular complexity index is 624. The molecule has 3 fully saturated rings. The summed E-state index contributed by atoms with van der Waals surface area (Å²) >= 11 is 0. The number of benzene rings is 1. The van der Waals surface area contributed by atoms with Gasteiger partial charge in [-0.15, -0.1) is 0 Å². The zero-order valence-electron chi connectivity index (χ0n) is 16.5. The average molecular weight is 379 g/mol. The second-order valence-corrected chi connectivity index (χ2v) is 9.59. The molecule has 0 N–H and O–H groups in total. The lowest BCUT2D eigenvalue weighted by Crippen LogP contribution is -2.34. The minimum atomic E-state index is -1.35. The van der Waals surface area contributed by atoms with E-state index in [1.165, 1.54) is 57.1 Å². The summed E-state index contributed by atoms with van der Waals surface area (Å²) in [5, 5.41) is 0. The summed E-state index contributed by atoms with van der Waals surface area (Å²) in [6.07, 6.45) is 14.2. The second kappa shape index (κ2) is 8.17. The maximum atomic E-state index is 13.6. The van der Waals surface area contributed by atoms with Gasteiger partial charge in [-0.3, -0.25) is 0 Å². The quantitative estimate of drug-likeness (QED) is 0.475. The molecule has 0 radical (unpaired) electrons. The van der Waals surface area contributed by atoms with Gasteiger partial charge in [-0.2, -0.15) is 0 Å². The Kier molecular flexibility index (Phi) is 5.85. The molecule has 0 saturated heterocycles. The number of halogens is 3. The van der Waals surface area contributed by atoms with Crippen molar-refractivity contribution in [1.29, 1.82) is 0 Å². The van der Waals surface area contributed by atoms with Gasteiger partial charge >= 0.3 is 0 Å². The van der Waals surface area contributed by atoms with Crippen molar-refractivity contribution in [2.75, 3.05) is 0 Å². The lowest BCUT2D eigenvalue weighted by Gasteiger charge is -2.45. The SMILES string of the molecule is CCC1CCC2CC(C3CCC(c4cc(F)c(F)c(F)c4)CC3)CCC2C1. The van der Waals surface area contributed by atoms with E-state index in [2.05, 4.69) is 6.92 Å². The maximum absolute atomic E-state index is 13.6. The van der Waals surface area contributed by atoms with Crippen LogP contribution in [0.25, 0.3) is 0 Å². The summed E-state index contributed by atoms with van der Waals surface area (Å²) in [7, 11) is 0. The van der Waals surface area contributed by atoms with Crippen LogP contribution in [-0.2, 0) is 0 Å². The van der Waals surface area contributed by atoms with E-state index >= 15 is 0 Å². The van der Waals surface area contributed by atoms with Gasteiger partial charge in [0.25, 0.3) is 0 Å². The summed E-state index contributed by atoms with van der Waals surface area (Å²) in [6.45, 7) is 2.34. The first-order valence-electron chi connectivity index (χ1n) is 11.2. The van der Waals surface area contributed by atoms with E-state index in [9.17, 15) is 13.2 Å². The summed E-state index contributed by atoms with van der Waals surface area (Å²) in [6, 6.07) is 2.42. The highest BCUT2D eigenvalue weighted by atomic mass is 19.2. The van der Waals surface area contributed by atoms with Crippen molar-refractivity contribution in [1.82, 2.24) is 0 Å². The highest BCUT2D eigenvalue weighted by Gasteiger charge is 2.38. The van der Waals surface area contributed by atoms with Crippen LogP contribution in [0.1, 0.15) is 89.0 Å². The Morgan fingerprint density at radius 2 is 1.22 bits per heavy atom. The van der Waals surface area contributed by atoms with Gasteiger partial charge in [-0.05, 0) is 111 Å². The van der Waals surface area contributed by atoms with E-state index in [-0.39, 0.29) is 5.92 Å². The molecule has 0 spiro atoms. The van der Waals surface area contributed by atoms with E-state index in [4.69, 9.17) is 0 Å². The van der Waals surface area contributed by atoms with Crippen LogP contribution in [0.4, 0.5) is 13.2 Å². The summed E-state index contributed by atoms with van der Waals surface area (Å²) < 4.78 is 40.3. The van der Waals surface area contributed by atoms with Crippen LogP contribution >= 0.6 is 0 Å². The molecule has 27 heavy (non-hydrogen) atoms. The van der Waals surface area contributed by atoms with E-state index in [0.29, 0.717) is 5.56 Å². The molecule has 3 aliphatic carbocycles. The van der Waals surface area contributed by atoms with Crippen LogP contribution in [0.2, 0.25) is 0 Å². The average Bonchev–Trinajstić information content (AvgIpc) is 2.71.